The lowest BCUT2D eigenvalue weighted by Gasteiger charge is -2.34. The standard InChI is InChI=1S/C15H25FN2O/c1-5-8-18(11(2)3)14(10-17)12-6-7-15(19-4)13(16)9-12/h6-7,9,11,14H,5,8,10,17H2,1-4H3. The van der Waals surface area contributed by atoms with Crippen LogP contribution in [-0.4, -0.2) is 31.1 Å². The molecule has 0 amide bonds. The van der Waals surface area contributed by atoms with Crippen molar-refractivity contribution in [3.63, 3.8) is 0 Å². The van der Waals surface area contributed by atoms with E-state index in [-0.39, 0.29) is 17.6 Å². The van der Waals surface area contributed by atoms with Gasteiger partial charge in [0.1, 0.15) is 0 Å². The summed E-state index contributed by atoms with van der Waals surface area (Å²) in [5.41, 5.74) is 6.80. The Hall–Kier alpha value is -1.13. The van der Waals surface area contributed by atoms with Crippen molar-refractivity contribution < 1.29 is 9.13 Å². The number of nitrogens with zero attached hydrogens (tertiary/aromatic N) is 1. The predicted octanol–water partition coefficient (Wildman–Crippen LogP) is 2.95. The van der Waals surface area contributed by atoms with Gasteiger partial charge < -0.3 is 10.5 Å². The third kappa shape index (κ3) is 3.91. The predicted molar refractivity (Wildman–Crippen MR) is 76.9 cm³/mol. The van der Waals surface area contributed by atoms with Gasteiger partial charge in [0.2, 0.25) is 0 Å². The first-order chi connectivity index (χ1) is 9.04. The zero-order chi connectivity index (χ0) is 14.4. The first-order valence-corrected chi connectivity index (χ1v) is 6.84. The summed E-state index contributed by atoms with van der Waals surface area (Å²) in [7, 11) is 1.47. The van der Waals surface area contributed by atoms with Gasteiger partial charge in [-0.05, 0) is 44.5 Å². The van der Waals surface area contributed by atoms with E-state index < -0.39 is 0 Å². The molecule has 4 heteroatoms. The van der Waals surface area contributed by atoms with E-state index >= 15 is 0 Å². The summed E-state index contributed by atoms with van der Waals surface area (Å²) in [5.74, 6) is -0.0650. The molecule has 0 spiro atoms. The largest absolute Gasteiger partial charge is 0.494 e. The fraction of sp³-hybridized carbons (Fsp3) is 0.600. The van der Waals surface area contributed by atoms with Gasteiger partial charge in [0.25, 0.3) is 0 Å². The monoisotopic (exact) mass is 268 g/mol. The maximum Gasteiger partial charge on any atom is 0.165 e. The number of nitrogens with two attached hydrogens (primary N) is 1. The quantitative estimate of drug-likeness (QED) is 0.826. The minimum Gasteiger partial charge on any atom is -0.494 e. The molecule has 0 saturated carbocycles. The Kier molecular flexibility index (Phi) is 6.25. The zero-order valence-corrected chi connectivity index (χ0v) is 12.3. The first kappa shape index (κ1) is 15.9. The third-order valence-electron chi connectivity index (χ3n) is 3.33. The van der Waals surface area contributed by atoms with Gasteiger partial charge in [-0.2, -0.15) is 0 Å². The number of ether oxygens (including phenoxy) is 1. The SMILES string of the molecule is CCCN(C(C)C)C(CN)c1ccc(OC)c(F)c1. The van der Waals surface area contributed by atoms with Crippen LogP contribution in [0, 0.1) is 5.82 Å². The highest BCUT2D eigenvalue weighted by Crippen LogP contribution is 2.26. The maximum absolute atomic E-state index is 13.8. The van der Waals surface area contributed by atoms with Crippen molar-refractivity contribution in [2.75, 3.05) is 20.2 Å². The lowest BCUT2D eigenvalue weighted by atomic mass is 10.0. The summed E-state index contributed by atoms with van der Waals surface area (Å²) in [6, 6.07) is 5.50. The molecule has 1 rings (SSSR count). The van der Waals surface area contributed by atoms with Gasteiger partial charge in [0, 0.05) is 18.6 Å². The van der Waals surface area contributed by atoms with Crippen molar-refractivity contribution in [1.29, 1.82) is 0 Å². The molecule has 108 valence electrons. The van der Waals surface area contributed by atoms with E-state index in [9.17, 15) is 4.39 Å². The van der Waals surface area contributed by atoms with Crippen LogP contribution in [0.4, 0.5) is 4.39 Å². The van der Waals surface area contributed by atoms with E-state index in [2.05, 4.69) is 25.7 Å². The molecule has 3 nitrogen and oxygen atoms in total. The summed E-state index contributed by atoms with van der Waals surface area (Å²) < 4.78 is 18.8. The fourth-order valence-electron chi connectivity index (χ4n) is 2.38. The number of rotatable bonds is 7. The molecule has 0 heterocycles. The van der Waals surface area contributed by atoms with Gasteiger partial charge in [0.05, 0.1) is 7.11 Å². The molecule has 0 saturated heterocycles. The van der Waals surface area contributed by atoms with Crippen LogP contribution < -0.4 is 10.5 Å². The van der Waals surface area contributed by atoms with Gasteiger partial charge >= 0.3 is 0 Å². The Morgan fingerprint density at radius 3 is 2.47 bits per heavy atom. The van der Waals surface area contributed by atoms with Gasteiger partial charge in [-0.3, -0.25) is 4.90 Å². The minimum absolute atomic E-state index is 0.0420. The van der Waals surface area contributed by atoms with Crippen LogP contribution in [0.3, 0.4) is 0 Å². The molecule has 0 aliphatic heterocycles. The molecule has 0 radical (unpaired) electrons. The molecule has 1 atom stereocenters. The highest BCUT2D eigenvalue weighted by atomic mass is 19.1. The van der Waals surface area contributed by atoms with E-state index in [1.54, 1.807) is 6.07 Å². The summed E-state index contributed by atoms with van der Waals surface area (Å²) in [4.78, 5) is 2.31. The van der Waals surface area contributed by atoms with E-state index in [1.165, 1.54) is 13.2 Å². The summed E-state index contributed by atoms with van der Waals surface area (Å²) in [6.07, 6.45) is 1.05. The Morgan fingerprint density at radius 2 is 2.05 bits per heavy atom. The van der Waals surface area contributed by atoms with Crippen LogP contribution in [0.15, 0.2) is 18.2 Å². The molecule has 1 aromatic rings. The second-order valence-electron chi connectivity index (χ2n) is 4.98. The fourth-order valence-corrected chi connectivity index (χ4v) is 2.38. The van der Waals surface area contributed by atoms with Crippen molar-refractivity contribution >= 4 is 0 Å². The average molecular weight is 268 g/mol. The number of hydrogen-bond acceptors (Lipinski definition) is 3. The Balaban J connectivity index is 3.04. The highest BCUT2D eigenvalue weighted by molar-refractivity contribution is 5.31. The van der Waals surface area contributed by atoms with Crippen LogP contribution >= 0.6 is 0 Å². The van der Waals surface area contributed by atoms with Crippen LogP contribution in [-0.2, 0) is 0 Å². The molecule has 0 aliphatic carbocycles. The molecular weight excluding hydrogens is 243 g/mol. The van der Waals surface area contributed by atoms with Gasteiger partial charge in [-0.1, -0.05) is 13.0 Å². The van der Waals surface area contributed by atoms with Crippen LogP contribution in [0.1, 0.15) is 38.8 Å². The molecule has 0 fully saturated rings. The molecule has 2 N–H and O–H groups in total. The van der Waals surface area contributed by atoms with E-state index in [0.29, 0.717) is 12.6 Å². The third-order valence-corrected chi connectivity index (χ3v) is 3.33. The van der Waals surface area contributed by atoms with Crippen molar-refractivity contribution in [3.05, 3.63) is 29.6 Å². The molecule has 1 unspecified atom stereocenters. The molecule has 0 aliphatic rings. The summed E-state index contributed by atoms with van der Waals surface area (Å²) in [5, 5.41) is 0. The number of halogens is 1. The number of methoxy groups -OCH3 is 1. The van der Waals surface area contributed by atoms with Crippen molar-refractivity contribution in [3.8, 4) is 5.75 Å². The Labute approximate surface area is 115 Å². The number of hydrogen-bond donors (Lipinski definition) is 1. The Morgan fingerprint density at radius 1 is 1.37 bits per heavy atom. The van der Waals surface area contributed by atoms with Crippen LogP contribution in [0.2, 0.25) is 0 Å². The number of benzene rings is 1. The molecule has 0 aromatic heterocycles. The van der Waals surface area contributed by atoms with E-state index in [4.69, 9.17) is 10.5 Å². The van der Waals surface area contributed by atoms with Crippen molar-refractivity contribution in [2.24, 2.45) is 5.73 Å². The Bertz CT molecular complexity index is 396. The maximum atomic E-state index is 13.8. The average Bonchev–Trinajstić information content (AvgIpc) is 2.38. The highest BCUT2D eigenvalue weighted by Gasteiger charge is 2.21. The second-order valence-corrected chi connectivity index (χ2v) is 4.98. The topological polar surface area (TPSA) is 38.5 Å². The first-order valence-electron chi connectivity index (χ1n) is 6.84. The summed E-state index contributed by atoms with van der Waals surface area (Å²) in [6.45, 7) is 7.84. The lowest BCUT2D eigenvalue weighted by molar-refractivity contribution is 0.157. The minimum atomic E-state index is -0.335. The van der Waals surface area contributed by atoms with Gasteiger partial charge in [-0.25, -0.2) is 4.39 Å². The lowest BCUT2D eigenvalue weighted by Crippen LogP contribution is -2.39. The normalized spacial score (nSPS) is 13.1. The molecular formula is C15H25FN2O. The van der Waals surface area contributed by atoms with Crippen molar-refractivity contribution in [1.82, 2.24) is 4.90 Å². The van der Waals surface area contributed by atoms with Gasteiger partial charge in [0.15, 0.2) is 11.6 Å². The van der Waals surface area contributed by atoms with E-state index in [1.807, 2.05) is 6.07 Å². The van der Waals surface area contributed by atoms with Crippen molar-refractivity contribution in [2.45, 2.75) is 39.3 Å². The van der Waals surface area contributed by atoms with Gasteiger partial charge in [-0.15, -0.1) is 0 Å². The second kappa shape index (κ2) is 7.46. The molecule has 19 heavy (non-hydrogen) atoms. The van der Waals surface area contributed by atoms with Crippen LogP contribution in [0.25, 0.3) is 0 Å². The summed E-state index contributed by atoms with van der Waals surface area (Å²) >= 11 is 0. The molecule has 1 aromatic carbocycles. The smallest absolute Gasteiger partial charge is 0.165 e. The van der Waals surface area contributed by atoms with E-state index in [0.717, 1.165) is 18.5 Å². The zero-order valence-electron chi connectivity index (χ0n) is 12.3. The molecule has 0 bridgehead atoms. The van der Waals surface area contributed by atoms with Crippen LogP contribution in [0.5, 0.6) is 5.75 Å².